The zero-order valence-electron chi connectivity index (χ0n) is 16.8. The number of benzene rings is 1. The van der Waals surface area contributed by atoms with Gasteiger partial charge < -0.3 is 4.98 Å². The number of aromatic nitrogens is 6. The van der Waals surface area contributed by atoms with Gasteiger partial charge in [-0.25, -0.2) is 4.98 Å². The molecule has 0 saturated carbocycles. The van der Waals surface area contributed by atoms with Crippen molar-refractivity contribution in [2.75, 3.05) is 0 Å². The van der Waals surface area contributed by atoms with Crippen molar-refractivity contribution in [1.29, 1.82) is 0 Å². The molecule has 5 aromatic heterocycles. The number of H-pyrrole nitrogens is 2. The van der Waals surface area contributed by atoms with Crippen LogP contribution >= 0.6 is 0 Å². The third-order valence-electron chi connectivity index (χ3n) is 5.61. The number of hydrogen-bond acceptors (Lipinski definition) is 4. The molecule has 6 rings (SSSR count). The summed E-state index contributed by atoms with van der Waals surface area (Å²) in [6, 6.07) is 18.4. The van der Waals surface area contributed by atoms with Gasteiger partial charge >= 0.3 is 0 Å². The van der Waals surface area contributed by atoms with Crippen LogP contribution in [0, 0.1) is 6.92 Å². The van der Waals surface area contributed by atoms with Crippen molar-refractivity contribution in [3.05, 3.63) is 84.9 Å². The Balaban J connectivity index is 1.52. The van der Waals surface area contributed by atoms with Crippen molar-refractivity contribution in [3.63, 3.8) is 0 Å². The number of nitrogens with zero attached hydrogens (tertiary/aromatic N) is 4. The molecular weight excluding hydrogens is 384 g/mol. The normalized spacial score (nSPS) is 11.4. The van der Waals surface area contributed by atoms with E-state index in [2.05, 4.69) is 62.4 Å². The van der Waals surface area contributed by atoms with Gasteiger partial charge in [-0.15, -0.1) is 0 Å². The monoisotopic (exact) mass is 402 g/mol. The lowest BCUT2D eigenvalue weighted by Crippen LogP contribution is -1.89. The average Bonchev–Trinajstić information content (AvgIpc) is 3.43. The van der Waals surface area contributed by atoms with E-state index in [0.717, 1.165) is 61.3 Å². The van der Waals surface area contributed by atoms with Crippen LogP contribution in [0.5, 0.6) is 0 Å². The first-order valence-electron chi connectivity index (χ1n) is 10.1. The zero-order chi connectivity index (χ0) is 20.8. The molecule has 0 saturated heterocycles. The lowest BCUT2D eigenvalue weighted by Gasteiger charge is -2.04. The van der Waals surface area contributed by atoms with E-state index >= 15 is 0 Å². The minimum absolute atomic E-state index is 0.798. The van der Waals surface area contributed by atoms with Crippen LogP contribution in [-0.4, -0.2) is 30.1 Å². The van der Waals surface area contributed by atoms with Gasteiger partial charge in [-0.05, 0) is 54.4 Å². The van der Waals surface area contributed by atoms with Gasteiger partial charge in [0.25, 0.3) is 0 Å². The van der Waals surface area contributed by atoms with Gasteiger partial charge in [0.05, 0.1) is 16.9 Å². The fourth-order valence-electron chi connectivity index (χ4n) is 4.03. The van der Waals surface area contributed by atoms with Crippen LogP contribution < -0.4 is 0 Å². The molecule has 6 heteroatoms. The fraction of sp³-hybridized carbons (Fsp3) is 0.0400. The molecule has 0 fully saturated rings. The second-order valence-corrected chi connectivity index (χ2v) is 7.55. The molecule has 0 aliphatic carbocycles. The van der Waals surface area contributed by atoms with Gasteiger partial charge in [0, 0.05) is 46.8 Å². The fourth-order valence-corrected chi connectivity index (χ4v) is 4.03. The van der Waals surface area contributed by atoms with Gasteiger partial charge in [-0.1, -0.05) is 18.2 Å². The Morgan fingerprint density at radius 1 is 0.806 bits per heavy atom. The largest absolute Gasteiger partial charge is 0.353 e. The number of hydrogen-bond donors (Lipinski definition) is 2. The first kappa shape index (κ1) is 17.5. The standard InChI is InChI=1S/C25H18N6/c1-15-9-11-27-14-19(15)21-7-8-22-24(29-21)25(31-30-22)23-12-18-17(5-2-6-20(18)28-23)16-4-3-10-26-13-16/h2-14,28H,1H3,(H,30,31). The van der Waals surface area contributed by atoms with Gasteiger partial charge in [0.2, 0.25) is 0 Å². The van der Waals surface area contributed by atoms with Crippen LogP contribution in [0.3, 0.4) is 0 Å². The second kappa shape index (κ2) is 6.88. The molecule has 0 radical (unpaired) electrons. The lowest BCUT2D eigenvalue weighted by molar-refractivity contribution is 1.12. The van der Waals surface area contributed by atoms with E-state index in [9.17, 15) is 0 Å². The topological polar surface area (TPSA) is 83.1 Å². The summed E-state index contributed by atoms with van der Waals surface area (Å²) in [5.74, 6) is 0. The SMILES string of the molecule is Cc1ccncc1-c1ccc2[nH]nc(-c3cc4c(-c5cccnc5)cccc4[nH]3)c2n1. The molecule has 1 aromatic carbocycles. The number of aryl methyl sites for hydroxylation is 1. The lowest BCUT2D eigenvalue weighted by atomic mass is 10.0. The van der Waals surface area contributed by atoms with Crippen molar-refractivity contribution in [3.8, 4) is 33.8 Å². The number of rotatable bonds is 3. The molecule has 0 amide bonds. The summed E-state index contributed by atoms with van der Waals surface area (Å²) < 4.78 is 0. The van der Waals surface area contributed by atoms with Crippen LogP contribution in [0.2, 0.25) is 0 Å². The highest BCUT2D eigenvalue weighted by atomic mass is 15.1. The average molecular weight is 402 g/mol. The number of nitrogens with one attached hydrogen (secondary N) is 2. The Morgan fingerprint density at radius 3 is 2.61 bits per heavy atom. The molecule has 0 bridgehead atoms. The Labute approximate surface area is 178 Å². The molecule has 0 aliphatic heterocycles. The van der Waals surface area contributed by atoms with E-state index in [1.807, 2.05) is 36.7 Å². The Kier molecular flexibility index (Phi) is 3.89. The minimum atomic E-state index is 0.798. The van der Waals surface area contributed by atoms with E-state index in [1.54, 1.807) is 12.4 Å². The summed E-state index contributed by atoms with van der Waals surface area (Å²) >= 11 is 0. The van der Waals surface area contributed by atoms with Gasteiger partial charge in [0.1, 0.15) is 11.2 Å². The van der Waals surface area contributed by atoms with Crippen LogP contribution in [0.1, 0.15) is 5.56 Å². The summed E-state index contributed by atoms with van der Waals surface area (Å²) in [6.07, 6.45) is 7.32. The van der Waals surface area contributed by atoms with E-state index in [4.69, 9.17) is 4.98 Å². The summed E-state index contributed by atoms with van der Waals surface area (Å²) in [5, 5.41) is 8.81. The van der Waals surface area contributed by atoms with Crippen LogP contribution in [0.15, 0.2) is 79.4 Å². The maximum atomic E-state index is 4.93. The summed E-state index contributed by atoms with van der Waals surface area (Å²) in [4.78, 5) is 17.0. The zero-order valence-corrected chi connectivity index (χ0v) is 16.8. The van der Waals surface area contributed by atoms with Crippen molar-refractivity contribution in [1.82, 2.24) is 30.1 Å². The minimum Gasteiger partial charge on any atom is -0.353 e. The number of aromatic amines is 2. The molecule has 6 nitrogen and oxygen atoms in total. The summed E-state index contributed by atoms with van der Waals surface area (Å²) in [6.45, 7) is 2.07. The molecule has 31 heavy (non-hydrogen) atoms. The smallest absolute Gasteiger partial charge is 0.135 e. The molecule has 0 atom stereocenters. The molecule has 6 aromatic rings. The van der Waals surface area contributed by atoms with E-state index in [0.29, 0.717) is 0 Å². The number of fused-ring (bicyclic) bond motifs is 2. The van der Waals surface area contributed by atoms with Crippen molar-refractivity contribution in [2.45, 2.75) is 6.92 Å². The van der Waals surface area contributed by atoms with Crippen LogP contribution in [0.25, 0.3) is 55.7 Å². The van der Waals surface area contributed by atoms with E-state index in [-0.39, 0.29) is 0 Å². The molecule has 5 heterocycles. The highest BCUT2D eigenvalue weighted by Gasteiger charge is 2.15. The second-order valence-electron chi connectivity index (χ2n) is 7.55. The maximum Gasteiger partial charge on any atom is 0.135 e. The molecule has 0 unspecified atom stereocenters. The highest BCUT2D eigenvalue weighted by Crippen LogP contribution is 2.34. The van der Waals surface area contributed by atoms with E-state index in [1.165, 1.54) is 0 Å². The molecular formula is C25H18N6. The van der Waals surface area contributed by atoms with Crippen LogP contribution in [-0.2, 0) is 0 Å². The molecule has 2 N–H and O–H groups in total. The quantitative estimate of drug-likeness (QED) is 0.407. The van der Waals surface area contributed by atoms with Gasteiger partial charge in [-0.2, -0.15) is 5.10 Å². The predicted molar refractivity (Wildman–Crippen MR) is 122 cm³/mol. The Bertz CT molecular complexity index is 1550. The van der Waals surface area contributed by atoms with Gasteiger partial charge in [0.15, 0.2) is 0 Å². The third-order valence-corrected chi connectivity index (χ3v) is 5.61. The molecule has 0 spiro atoms. The maximum absolute atomic E-state index is 4.93. The van der Waals surface area contributed by atoms with Crippen LogP contribution in [0.4, 0.5) is 0 Å². The molecule has 148 valence electrons. The predicted octanol–water partition coefficient (Wildman–Crippen LogP) is 5.54. The van der Waals surface area contributed by atoms with Gasteiger partial charge in [-0.3, -0.25) is 15.1 Å². The molecule has 0 aliphatic rings. The number of pyridine rings is 3. The van der Waals surface area contributed by atoms with Crippen molar-refractivity contribution >= 4 is 21.9 Å². The van der Waals surface area contributed by atoms with Crippen molar-refractivity contribution in [2.24, 2.45) is 0 Å². The first-order chi connectivity index (χ1) is 15.3. The Morgan fingerprint density at radius 2 is 1.74 bits per heavy atom. The van der Waals surface area contributed by atoms with E-state index < -0.39 is 0 Å². The Hall–Kier alpha value is -4.32. The summed E-state index contributed by atoms with van der Waals surface area (Å²) in [5.41, 5.74) is 9.74. The summed E-state index contributed by atoms with van der Waals surface area (Å²) in [7, 11) is 0. The first-order valence-corrected chi connectivity index (χ1v) is 10.1. The van der Waals surface area contributed by atoms with Crippen molar-refractivity contribution < 1.29 is 0 Å². The third kappa shape index (κ3) is 2.88. The highest BCUT2D eigenvalue weighted by molar-refractivity contribution is 6.00.